The standard InChI is InChI=1S/C17H23FN2O3.ClH/c1-11(20-17(21)15-10-22-7-6-19-15)13-4-5-16(14(18)8-13)23-9-12-2-3-12;/h4-5,8,11-12,15,19H,2-3,6-7,9-10H2,1H3,(H,20,21);1H. The van der Waals surface area contributed by atoms with Crippen LogP contribution in [0.2, 0.25) is 0 Å². The summed E-state index contributed by atoms with van der Waals surface area (Å²) in [7, 11) is 0. The molecule has 24 heavy (non-hydrogen) atoms. The highest BCUT2D eigenvalue weighted by Crippen LogP contribution is 2.30. The predicted octanol–water partition coefficient (Wildman–Crippen LogP) is 2.20. The van der Waals surface area contributed by atoms with E-state index in [-0.39, 0.29) is 42.0 Å². The van der Waals surface area contributed by atoms with Crippen molar-refractivity contribution in [3.8, 4) is 5.75 Å². The summed E-state index contributed by atoms with van der Waals surface area (Å²) < 4.78 is 24.9. The minimum absolute atomic E-state index is 0. The zero-order valence-electron chi connectivity index (χ0n) is 13.7. The Labute approximate surface area is 147 Å². The number of halogens is 2. The SMILES string of the molecule is CC(NC(=O)C1COCCN1)c1ccc(OCC2CC2)c(F)c1.Cl. The van der Waals surface area contributed by atoms with Gasteiger partial charge in [-0.1, -0.05) is 6.07 Å². The van der Waals surface area contributed by atoms with Crippen LogP contribution in [0.15, 0.2) is 18.2 Å². The van der Waals surface area contributed by atoms with Crippen LogP contribution < -0.4 is 15.4 Å². The second-order valence-corrected chi connectivity index (χ2v) is 6.26. The van der Waals surface area contributed by atoms with Crippen molar-refractivity contribution in [1.82, 2.24) is 10.6 Å². The largest absolute Gasteiger partial charge is 0.490 e. The van der Waals surface area contributed by atoms with Crippen LogP contribution in [0.5, 0.6) is 5.75 Å². The minimum atomic E-state index is -0.386. The number of ether oxygens (including phenoxy) is 2. The average Bonchev–Trinajstić information content (AvgIpc) is 3.38. The fourth-order valence-corrected chi connectivity index (χ4v) is 2.53. The van der Waals surface area contributed by atoms with E-state index in [1.54, 1.807) is 12.1 Å². The number of rotatable bonds is 6. The molecule has 134 valence electrons. The van der Waals surface area contributed by atoms with E-state index in [4.69, 9.17) is 9.47 Å². The van der Waals surface area contributed by atoms with Crippen LogP contribution >= 0.6 is 12.4 Å². The molecule has 2 N–H and O–H groups in total. The molecule has 3 rings (SSSR count). The third kappa shape index (κ3) is 5.06. The highest BCUT2D eigenvalue weighted by atomic mass is 35.5. The van der Waals surface area contributed by atoms with E-state index in [1.807, 2.05) is 6.92 Å². The molecular weight excluding hydrogens is 335 g/mol. The van der Waals surface area contributed by atoms with Crippen molar-refractivity contribution in [3.05, 3.63) is 29.6 Å². The fraction of sp³-hybridized carbons (Fsp3) is 0.588. The molecule has 1 saturated heterocycles. The Morgan fingerprint density at radius 2 is 2.29 bits per heavy atom. The van der Waals surface area contributed by atoms with Gasteiger partial charge in [-0.2, -0.15) is 0 Å². The third-order valence-electron chi connectivity index (χ3n) is 4.22. The topological polar surface area (TPSA) is 59.6 Å². The zero-order chi connectivity index (χ0) is 16.2. The van der Waals surface area contributed by atoms with Crippen molar-refractivity contribution in [2.45, 2.75) is 31.8 Å². The molecule has 0 aromatic heterocycles. The van der Waals surface area contributed by atoms with Crippen molar-refractivity contribution >= 4 is 18.3 Å². The van der Waals surface area contributed by atoms with E-state index in [9.17, 15) is 9.18 Å². The number of morpholine rings is 1. The Morgan fingerprint density at radius 1 is 1.50 bits per heavy atom. The van der Waals surface area contributed by atoms with Gasteiger partial charge in [-0.05, 0) is 43.4 Å². The molecule has 0 bridgehead atoms. The highest BCUT2D eigenvalue weighted by molar-refractivity contribution is 5.85. The van der Waals surface area contributed by atoms with E-state index in [1.165, 1.54) is 18.9 Å². The monoisotopic (exact) mass is 358 g/mol. The summed E-state index contributed by atoms with van der Waals surface area (Å²) in [4.78, 5) is 12.1. The number of amides is 1. The number of nitrogens with one attached hydrogen (secondary N) is 2. The van der Waals surface area contributed by atoms with Gasteiger partial charge in [0.05, 0.1) is 25.9 Å². The maximum Gasteiger partial charge on any atom is 0.240 e. The maximum atomic E-state index is 14.1. The van der Waals surface area contributed by atoms with Gasteiger partial charge in [0.1, 0.15) is 6.04 Å². The molecule has 1 heterocycles. The predicted molar refractivity (Wildman–Crippen MR) is 91.0 cm³/mol. The maximum absolute atomic E-state index is 14.1. The Hall–Kier alpha value is -1.37. The number of hydrogen-bond donors (Lipinski definition) is 2. The van der Waals surface area contributed by atoms with Gasteiger partial charge in [0.2, 0.25) is 5.91 Å². The molecule has 2 atom stereocenters. The Morgan fingerprint density at radius 3 is 2.92 bits per heavy atom. The molecule has 2 unspecified atom stereocenters. The van der Waals surface area contributed by atoms with Gasteiger partial charge in [-0.25, -0.2) is 4.39 Å². The van der Waals surface area contributed by atoms with Crippen molar-refractivity contribution in [1.29, 1.82) is 0 Å². The van der Waals surface area contributed by atoms with E-state index in [2.05, 4.69) is 10.6 Å². The molecule has 1 aromatic carbocycles. The summed E-state index contributed by atoms with van der Waals surface area (Å²) in [6, 6.07) is 4.23. The summed E-state index contributed by atoms with van der Waals surface area (Å²) in [5.41, 5.74) is 0.714. The molecule has 7 heteroatoms. The normalized spacial score (nSPS) is 21.5. The van der Waals surface area contributed by atoms with Gasteiger partial charge < -0.3 is 20.1 Å². The van der Waals surface area contributed by atoms with Crippen molar-refractivity contribution in [2.75, 3.05) is 26.4 Å². The summed E-state index contributed by atoms with van der Waals surface area (Å²) >= 11 is 0. The Bertz CT molecular complexity index is 563. The van der Waals surface area contributed by atoms with Crippen molar-refractivity contribution in [2.24, 2.45) is 5.92 Å². The number of hydrogen-bond acceptors (Lipinski definition) is 4. The second-order valence-electron chi connectivity index (χ2n) is 6.26. The smallest absolute Gasteiger partial charge is 0.240 e. The molecule has 2 aliphatic rings. The molecule has 5 nitrogen and oxygen atoms in total. The van der Waals surface area contributed by atoms with Gasteiger partial charge in [0, 0.05) is 6.54 Å². The van der Waals surface area contributed by atoms with E-state index in [0.717, 1.165) is 0 Å². The molecule has 1 aliphatic heterocycles. The first kappa shape index (κ1) is 19.0. The first-order valence-corrected chi connectivity index (χ1v) is 8.17. The van der Waals surface area contributed by atoms with Gasteiger partial charge in [0.25, 0.3) is 0 Å². The van der Waals surface area contributed by atoms with E-state index >= 15 is 0 Å². The molecule has 1 saturated carbocycles. The van der Waals surface area contributed by atoms with Crippen LogP contribution in [-0.2, 0) is 9.53 Å². The Kier molecular flexibility index (Phi) is 6.83. The minimum Gasteiger partial charge on any atom is -0.490 e. The lowest BCUT2D eigenvalue weighted by molar-refractivity contribution is -0.126. The van der Waals surface area contributed by atoms with Gasteiger partial charge in [-0.15, -0.1) is 12.4 Å². The quantitative estimate of drug-likeness (QED) is 0.818. The van der Waals surface area contributed by atoms with E-state index in [0.29, 0.717) is 37.8 Å². The average molecular weight is 359 g/mol. The van der Waals surface area contributed by atoms with Crippen LogP contribution in [0.4, 0.5) is 4.39 Å². The highest BCUT2D eigenvalue weighted by Gasteiger charge is 2.24. The first-order chi connectivity index (χ1) is 11.1. The lowest BCUT2D eigenvalue weighted by atomic mass is 10.1. The van der Waals surface area contributed by atoms with Gasteiger partial charge in [0.15, 0.2) is 11.6 Å². The zero-order valence-corrected chi connectivity index (χ0v) is 14.5. The van der Waals surface area contributed by atoms with Crippen molar-refractivity contribution in [3.63, 3.8) is 0 Å². The molecule has 1 aromatic rings. The lowest BCUT2D eigenvalue weighted by Gasteiger charge is -2.25. The van der Waals surface area contributed by atoms with Gasteiger partial charge >= 0.3 is 0 Å². The third-order valence-corrected chi connectivity index (χ3v) is 4.22. The summed E-state index contributed by atoms with van der Waals surface area (Å²) in [6.07, 6.45) is 2.34. The fourth-order valence-electron chi connectivity index (χ4n) is 2.53. The second kappa shape index (κ2) is 8.65. The molecule has 1 amide bonds. The van der Waals surface area contributed by atoms with Crippen LogP contribution in [0.3, 0.4) is 0 Å². The van der Waals surface area contributed by atoms with Gasteiger partial charge in [-0.3, -0.25) is 4.79 Å². The molecule has 0 radical (unpaired) electrons. The van der Waals surface area contributed by atoms with E-state index < -0.39 is 0 Å². The first-order valence-electron chi connectivity index (χ1n) is 8.17. The van der Waals surface area contributed by atoms with Crippen molar-refractivity contribution < 1.29 is 18.7 Å². The summed E-state index contributed by atoms with van der Waals surface area (Å²) in [6.45, 7) is 4.05. The lowest BCUT2D eigenvalue weighted by Crippen LogP contribution is -2.51. The van der Waals surface area contributed by atoms with Crippen LogP contribution in [0.1, 0.15) is 31.4 Å². The number of carbonyl (C=O) groups excluding carboxylic acids is 1. The van der Waals surface area contributed by atoms with Crippen LogP contribution in [-0.4, -0.2) is 38.3 Å². The van der Waals surface area contributed by atoms with Crippen LogP contribution in [0.25, 0.3) is 0 Å². The molecular formula is C17H24ClFN2O3. The summed E-state index contributed by atoms with van der Waals surface area (Å²) in [5.74, 6) is 0.342. The molecule has 1 aliphatic carbocycles. The number of carbonyl (C=O) groups is 1. The molecule has 0 spiro atoms. The molecule has 2 fully saturated rings. The Balaban J connectivity index is 0.00000208. The summed E-state index contributed by atoms with van der Waals surface area (Å²) in [5, 5.41) is 5.98. The number of benzene rings is 1. The van der Waals surface area contributed by atoms with Crippen LogP contribution in [0, 0.1) is 11.7 Å².